The molecule has 2 N–H and O–H groups in total. The first-order valence-electron chi connectivity index (χ1n) is 9.17. The van der Waals surface area contributed by atoms with E-state index >= 15 is 0 Å². The molecule has 0 radical (unpaired) electrons. The van der Waals surface area contributed by atoms with Gasteiger partial charge in [0.15, 0.2) is 5.13 Å². The topological polar surface area (TPSA) is 87.1 Å². The number of nitrogens with one attached hydrogen (secondary N) is 1. The number of aromatic nitrogens is 1. The van der Waals surface area contributed by atoms with Gasteiger partial charge in [-0.2, -0.15) is 5.10 Å². The highest BCUT2D eigenvalue weighted by molar-refractivity contribution is 7.13. The fourth-order valence-corrected chi connectivity index (χ4v) is 4.45. The lowest BCUT2D eigenvalue weighted by Crippen LogP contribution is -2.36. The molecular formula is C19H21FN4O3S. The minimum atomic E-state index is -0.366. The van der Waals surface area contributed by atoms with E-state index in [0.717, 1.165) is 18.2 Å². The molecule has 9 heteroatoms. The van der Waals surface area contributed by atoms with Crippen LogP contribution in [0.15, 0.2) is 22.6 Å². The van der Waals surface area contributed by atoms with Crippen molar-refractivity contribution in [1.82, 2.24) is 10.4 Å². The molecule has 2 heterocycles. The van der Waals surface area contributed by atoms with E-state index in [2.05, 4.69) is 20.4 Å². The first-order valence-corrected chi connectivity index (χ1v) is 10.0. The van der Waals surface area contributed by atoms with Crippen molar-refractivity contribution in [2.75, 3.05) is 31.2 Å². The quantitative estimate of drug-likeness (QED) is 0.764. The number of benzene rings is 1. The molecule has 148 valence electrons. The largest absolute Gasteiger partial charge is 0.507 e. The van der Waals surface area contributed by atoms with Crippen molar-refractivity contribution in [3.8, 4) is 5.75 Å². The molecule has 28 heavy (non-hydrogen) atoms. The molecule has 2 aromatic rings. The predicted molar refractivity (Wildman–Crippen MR) is 105 cm³/mol. The second kappa shape index (κ2) is 7.84. The summed E-state index contributed by atoms with van der Waals surface area (Å²) in [5, 5.41) is 17.0. The van der Waals surface area contributed by atoms with Gasteiger partial charge >= 0.3 is 0 Å². The van der Waals surface area contributed by atoms with Crippen molar-refractivity contribution in [3.63, 3.8) is 0 Å². The average molecular weight is 404 g/mol. The van der Waals surface area contributed by atoms with Crippen LogP contribution >= 0.6 is 11.3 Å². The highest BCUT2D eigenvalue weighted by atomic mass is 32.1. The Balaban J connectivity index is 1.42. The smallest absolute Gasteiger partial charge is 0.246 e. The van der Waals surface area contributed by atoms with Gasteiger partial charge in [0.05, 0.1) is 31.0 Å². The lowest BCUT2D eigenvalue weighted by atomic mass is 10.0. The normalized spacial score (nSPS) is 20.4. The van der Waals surface area contributed by atoms with Crippen LogP contribution in [-0.4, -0.2) is 48.0 Å². The van der Waals surface area contributed by atoms with Crippen LogP contribution < -0.4 is 10.3 Å². The van der Waals surface area contributed by atoms with Crippen molar-refractivity contribution < 1.29 is 19.0 Å². The van der Waals surface area contributed by atoms with Gasteiger partial charge in [-0.3, -0.25) is 4.79 Å². The molecule has 1 aromatic heterocycles. The van der Waals surface area contributed by atoms with Gasteiger partial charge in [-0.1, -0.05) is 6.92 Å². The molecule has 4 rings (SSSR count). The summed E-state index contributed by atoms with van der Waals surface area (Å²) in [6, 6.07) is 2.56. The number of carbonyl (C=O) groups is 1. The lowest BCUT2D eigenvalue weighted by Gasteiger charge is -2.26. The second-order valence-corrected chi connectivity index (χ2v) is 7.79. The van der Waals surface area contributed by atoms with Gasteiger partial charge in [0.1, 0.15) is 11.6 Å². The van der Waals surface area contributed by atoms with Crippen molar-refractivity contribution in [2.45, 2.75) is 25.7 Å². The molecule has 1 amide bonds. The van der Waals surface area contributed by atoms with Crippen molar-refractivity contribution in [3.05, 3.63) is 40.2 Å². The van der Waals surface area contributed by atoms with Crippen LogP contribution in [0.5, 0.6) is 5.75 Å². The number of phenols is 1. The van der Waals surface area contributed by atoms with Crippen LogP contribution in [0.1, 0.15) is 36.1 Å². The van der Waals surface area contributed by atoms with Crippen LogP contribution in [-0.2, 0) is 16.0 Å². The third kappa shape index (κ3) is 3.72. The number of anilines is 1. The zero-order valence-electron chi connectivity index (χ0n) is 15.4. The van der Waals surface area contributed by atoms with Crippen LogP contribution in [0.3, 0.4) is 0 Å². The minimum absolute atomic E-state index is 0.0246. The summed E-state index contributed by atoms with van der Waals surface area (Å²) in [4.78, 5) is 18.9. The van der Waals surface area contributed by atoms with Gasteiger partial charge < -0.3 is 14.7 Å². The SMILES string of the molecule is C[C@@H]1C/C(=N\NC(=O)Cc2csc(N3CCOCC3)n2)c2c(O)ccc(F)c21. The zero-order valence-corrected chi connectivity index (χ0v) is 16.3. The van der Waals surface area contributed by atoms with Crippen LogP contribution in [0, 0.1) is 5.82 Å². The Hall–Kier alpha value is -2.52. The van der Waals surface area contributed by atoms with E-state index in [4.69, 9.17) is 4.74 Å². The van der Waals surface area contributed by atoms with Gasteiger partial charge in [0, 0.05) is 29.6 Å². The van der Waals surface area contributed by atoms with Gasteiger partial charge in [0.25, 0.3) is 0 Å². The van der Waals surface area contributed by atoms with E-state index in [1.165, 1.54) is 23.5 Å². The van der Waals surface area contributed by atoms with E-state index in [1.807, 2.05) is 12.3 Å². The molecular weight excluding hydrogens is 383 g/mol. The number of halogens is 1. The molecule has 1 fully saturated rings. The molecule has 0 unspecified atom stereocenters. The zero-order chi connectivity index (χ0) is 19.7. The standard InChI is InChI=1S/C19H21FN4O3S/c1-11-8-14(18-15(25)3-2-13(20)17(11)18)22-23-16(26)9-12-10-28-19(21-12)24-4-6-27-7-5-24/h2-3,10-11,25H,4-9H2,1H3,(H,23,26)/b22-14+/t11-/m1/s1. The van der Waals surface area contributed by atoms with Crippen LogP contribution in [0.25, 0.3) is 0 Å². The summed E-state index contributed by atoms with van der Waals surface area (Å²) in [6.45, 7) is 4.82. The Morgan fingerprint density at radius 2 is 2.25 bits per heavy atom. The average Bonchev–Trinajstić information content (AvgIpc) is 3.29. The summed E-state index contributed by atoms with van der Waals surface area (Å²) in [6.07, 6.45) is 0.567. The number of hydrazone groups is 1. The third-order valence-electron chi connectivity index (χ3n) is 4.93. The summed E-state index contributed by atoms with van der Waals surface area (Å²) in [5.74, 6) is -0.797. The summed E-state index contributed by atoms with van der Waals surface area (Å²) >= 11 is 1.50. The van der Waals surface area contributed by atoms with Crippen molar-refractivity contribution in [1.29, 1.82) is 0 Å². The molecule has 0 saturated carbocycles. The monoisotopic (exact) mass is 404 g/mol. The molecule has 7 nitrogen and oxygen atoms in total. The Morgan fingerprint density at radius 1 is 1.46 bits per heavy atom. The third-order valence-corrected chi connectivity index (χ3v) is 5.88. The fourth-order valence-electron chi connectivity index (χ4n) is 3.57. The number of hydrogen-bond donors (Lipinski definition) is 2. The maximum Gasteiger partial charge on any atom is 0.246 e. The fraction of sp³-hybridized carbons (Fsp3) is 0.421. The molecule has 1 aromatic carbocycles. The first kappa shape index (κ1) is 18.8. The Labute approximate surface area is 165 Å². The summed E-state index contributed by atoms with van der Waals surface area (Å²) < 4.78 is 19.4. The number of carbonyl (C=O) groups excluding carboxylic acids is 1. The van der Waals surface area contributed by atoms with E-state index in [0.29, 0.717) is 42.2 Å². The Morgan fingerprint density at radius 3 is 3.04 bits per heavy atom. The molecule has 1 aliphatic carbocycles. The van der Waals surface area contributed by atoms with E-state index in [1.54, 1.807) is 0 Å². The summed E-state index contributed by atoms with van der Waals surface area (Å²) in [7, 11) is 0. The molecule has 0 spiro atoms. The van der Waals surface area contributed by atoms with E-state index in [9.17, 15) is 14.3 Å². The number of amides is 1. The van der Waals surface area contributed by atoms with E-state index < -0.39 is 0 Å². The minimum Gasteiger partial charge on any atom is -0.507 e. The Kier molecular flexibility index (Phi) is 5.27. The number of aromatic hydroxyl groups is 1. The summed E-state index contributed by atoms with van der Waals surface area (Å²) in [5.41, 5.74) is 4.51. The van der Waals surface area contributed by atoms with Crippen molar-refractivity contribution >= 4 is 28.1 Å². The highest BCUT2D eigenvalue weighted by Crippen LogP contribution is 2.39. The van der Waals surface area contributed by atoms with Gasteiger partial charge in [-0.05, 0) is 24.5 Å². The maximum atomic E-state index is 14.1. The van der Waals surface area contributed by atoms with Gasteiger partial charge in [0.2, 0.25) is 5.91 Å². The number of ether oxygens (including phenoxy) is 1. The number of rotatable bonds is 4. The van der Waals surface area contributed by atoms with Crippen LogP contribution in [0.4, 0.5) is 9.52 Å². The lowest BCUT2D eigenvalue weighted by molar-refractivity contribution is -0.120. The van der Waals surface area contributed by atoms with Gasteiger partial charge in [-0.25, -0.2) is 14.8 Å². The number of morpholine rings is 1. The van der Waals surface area contributed by atoms with Crippen LogP contribution in [0.2, 0.25) is 0 Å². The number of thiazole rings is 1. The molecule has 1 aliphatic heterocycles. The number of hydrogen-bond acceptors (Lipinski definition) is 7. The number of phenolic OH excluding ortho intramolecular Hbond substituents is 1. The number of fused-ring (bicyclic) bond motifs is 1. The first-order chi connectivity index (χ1) is 13.5. The highest BCUT2D eigenvalue weighted by Gasteiger charge is 2.30. The predicted octanol–water partition coefficient (Wildman–Crippen LogP) is 2.39. The number of nitrogens with zero attached hydrogens (tertiary/aromatic N) is 3. The maximum absolute atomic E-state index is 14.1. The molecule has 2 aliphatic rings. The second-order valence-electron chi connectivity index (χ2n) is 6.95. The van der Waals surface area contributed by atoms with Crippen molar-refractivity contribution in [2.24, 2.45) is 5.10 Å². The Bertz CT molecular complexity index is 924. The molecule has 0 bridgehead atoms. The van der Waals surface area contributed by atoms with Gasteiger partial charge in [-0.15, -0.1) is 11.3 Å². The van der Waals surface area contributed by atoms with E-state index in [-0.39, 0.29) is 29.8 Å². The molecule has 1 saturated heterocycles. The molecule has 1 atom stereocenters.